The van der Waals surface area contributed by atoms with Crippen molar-refractivity contribution in [1.29, 1.82) is 0 Å². The fourth-order valence-electron chi connectivity index (χ4n) is 2.97. The average molecular weight is 270 g/mol. The van der Waals surface area contributed by atoms with Crippen LogP contribution < -0.4 is 5.73 Å². The van der Waals surface area contributed by atoms with Gasteiger partial charge in [0.25, 0.3) is 0 Å². The van der Waals surface area contributed by atoms with Gasteiger partial charge in [0.05, 0.1) is 4.99 Å². The molecule has 2 N–H and O–H groups in total. The Bertz CT molecular complexity index is 288. The zero-order chi connectivity index (χ0) is 13.9. The van der Waals surface area contributed by atoms with Crippen molar-refractivity contribution in [2.24, 2.45) is 23.0 Å². The van der Waals surface area contributed by atoms with Gasteiger partial charge in [-0.15, -0.1) is 0 Å². The van der Waals surface area contributed by atoms with Crippen molar-refractivity contribution < 1.29 is 0 Å². The second-order valence-electron chi connectivity index (χ2n) is 6.91. The van der Waals surface area contributed by atoms with Crippen LogP contribution in [0.25, 0.3) is 0 Å². The first-order valence-electron chi connectivity index (χ1n) is 7.28. The third-order valence-electron chi connectivity index (χ3n) is 4.63. The summed E-state index contributed by atoms with van der Waals surface area (Å²) >= 11 is 5.13. The highest BCUT2D eigenvalue weighted by Crippen LogP contribution is 2.28. The Morgan fingerprint density at radius 3 is 2.50 bits per heavy atom. The van der Waals surface area contributed by atoms with Crippen molar-refractivity contribution in [3.05, 3.63) is 0 Å². The van der Waals surface area contributed by atoms with Gasteiger partial charge in [-0.2, -0.15) is 0 Å². The number of rotatable bonds is 5. The zero-order valence-electron chi connectivity index (χ0n) is 12.7. The van der Waals surface area contributed by atoms with E-state index in [9.17, 15) is 0 Å². The Morgan fingerprint density at radius 2 is 1.94 bits per heavy atom. The molecule has 18 heavy (non-hydrogen) atoms. The monoisotopic (exact) mass is 270 g/mol. The number of nitrogens with two attached hydrogens (primary N) is 1. The summed E-state index contributed by atoms with van der Waals surface area (Å²) in [7, 11) is 0. The standard InChI is InChI=1S/C15H30N2S/c1-11-9-12(2)13(3)17(10-11)8-6-7-15(4,5)14(16)18/h11-13H,6-10H2,1-5H3,(H2,16,18). The number of nitrogens with zero attached hydrogens (tertiary/aromatic N) is 1. The van der Waals surface area contributed by atoms with Gasteiger partial charge in [0.15, 0.2) is 0 Å². The molecule has 0 saturated carbocycles. The molecule has 0 amide bonds. The van der Waals surface area contributed by atoms with Crippen LogP contribution in [0.1, 0.15) is 53.9 Å². The molecule has 1 rings (SSSR count). The minimum Gasteiger partial charge on any atom is -0.393 e. The molecule has 0 aromatic heterocycles. The Balaban J connectivity index is 2.41. The first kappa shape index (κ1) is 15.9. The van der Waals surface area contributed by atoms with Crippen LogP contribution in [0.4, 0.5) is 0 Å². The van der Waals surface area contributed by atoms with E-state index in [1.165, 1.54) is 25.9 Å². The maximum absolute atomic E-state index is 5.78. The summed E-state index contributed by atoms with van der Waals surface area (Å²) in [5, 5.41) is 0. The topological polar surface area (TPSA) is 29.3 Å². The first-order chi connectivity index (χ1) is 8.24. The minimum atomic E-state index is 0.00555. The van der Waals surface area contributed by atoms with Gasteiger partial charge in [0.1, 0.15) is 0 Å². The van der Waals surface area contributed by atoms with Gasteiger partial charge in [-0.1, -0.05) is 39.9 Å². The maximum atomic E-state index is 5.78. The number of likely N-dealkylation sites (tertiary alicyclic amines) is 1. The molecule has 0 aromatic rings. The molecule has 1 fully saturated rings. The Hall–Kier alpha value is -0.150. The van der Waals surface area contributed by atoms with E-state index in [-0.39, 0.29) is 5.41 Å². The third kappa shape index (κ3) is 4.20. The highest BCUT2D eigenvalue weighted by atomic mass is 32.1. The van der Waals surface area contributed by atoms with Gasteiger partial charge < -0.3 is 10.6 Å². The second kappa shape index (κ2) is 6.33. The van der Waals surface area contributed by atoms with Gasteiger partial charge in [-0.25, -0.2) is 0 Å². The van der Waals surface area contributed by atoms with E-state index in [0.29, 0.717) is 11.0 Å². The van der Waals surface area contributed by atoms with Crippen LogP contribution in [0.3, 0.4) is 0 Å². The largest absolute Gasteiger partial charge is 0.393 e. The molecule has 3 atom stereocenters. The van der Waals surface area contributed by atoms with Crippen LogP contribution in [0.2, 0.25) is 0 Å². The van der Waals surface area contributed by atoms with Gasteiger partial charge in [-0.05, 0) is 44.6 Å². The van der Waals surface area contributed by atoms with Crippen molar-refractivity contribution in [2.75, 3.05) is 13.1 Å². The third-order valence-corrected chi connectivity index (χ3v) is 5.19. The van der Waals surface area contributed by atoms with Crippen LogP contribution in [0.5, 0.6) is 0 Å². The van der Waals surface area contributed by atoms with Gasteiger partial charge in [0, 0.05) is 18.0 Å². The van der Waals surface area contributed by atoms with Crippen molar-refractivity contribution in [2.45, 2.75) is 59.9 Å². The molecular weight excluding hydrogens is 240 g/mol. The molecule has 1 aliphatic heterocycles. The lowest BCUT2D eigenvalue weighted by molar-refractivity contribution is 0.0766. The lowest BCUT2D eigenvalue weighted by Crippen LogP contribution is -2.46. The predicted molar refractivity (Wildman–Crippen MR) is 83.8 cm³/mol. The fourth-order valence-corrected chi connectivity index (χ4v) is 3.08. The highest BCUT2D eigenvalue weighted by Gasteiger charge is 2.29. The van der Waals surface area contributed by atoms with E-state index in [1.54, 1.807) is 0 Å². The lowest BCUT2D eigenvalue weighted by Gasteiger charge is -2.41. The van der Waals surface area contributed by atoms with Crippen LogP contribution in [-0.2, 0) is 0 Å². The molecule has 0 bridgehead atoms. The molecule has 0 radical (unpaired) electrons. The fraction of sp³-hybridized carbons (Fsp3) is 0.933. The summed E-state index contributed by atoms with van der Waals surface area (Å²) in [4.78, 5) is 3.30. The van der Waals surface area contributed by atoms with E-state index >= 15 is 0 Å². The maximum Gasteiger partial charge on any atom is 0.0784 e. The molecule has 0 aliphatic carbocycles. The normalized spacial score (nSPS) is 30.4. The number of piperidine rings is 1. The van der Waals surface area contributed by atoms with E-state index in [2.05, 4.69) is 39.5 Å². The average Bonchev–Trinajstić information content (AvgIpc) is 2.24. The number of hydrogen-bond donors (Lipinski definition) is 1. The Kier molecular flexibility index (Phi) is 5.60. The molecule has 1 aliphatic rings. The van der Waals surface area contributed by atoms with Crippen molar-refractivity contribution in [1.82, 2.24) is 4.90 Å². The SMILES string of the molecule is CC1CC(C)C(C)N(CCCC(C)(C)C(N)=S)C1. The smallest absolute Gasteiger partial charge is 0.0784 e. The van der Waals surface area contributed by atoms with Gasteiger partial charge in [0.2, 0.25) is 0 Å². The summed E-state index contributed by atoms with van der Waals surface area (Å²) in [5.41, 5.74) is 5.78. The van der Waals surface area contributed by atoms with E-state index in [1.807, 2.05) is 0 Å². The van der Waals surface area contributed by atoms with Crippen LogP contribution >= 0.6 is 12.2 Å². The quantitative estimate of drug-likeness (QED) is 0.776. The highest BCUT2D eigenvalue weighted by molar-refractivity contribution is 7.80. The van der Waals surface area contributed by atoms with Gasteiger partial charge in [-0.3, -0.25) is 0 Å². The van der Waals surface area contributed by atoms with Gasteiger partial charge >= 0.3 is 0 Å². The molecule has 0 spiro atoms. The summed E-state index contributed by atoms with van der Waals surface area (Å²) in [6.45, 7) is 13.9. The molecule has 3 unspecified atom stereocenters. The Morgan fingerprint density at radius 1 is 1.33 bits per heavy atom. The minimum absolute atomic E-state index is 0.00555. The molecule has 2 nitrogen and oxygen atoms in total. The summed E-state index contributed by atoms with van der Waals surface area (Å²) in [6, 6.07) is 0.717. The first-order valence-corrected chi connectivity index (χ1v) is 7.69. The summed E-state index contributed by atoms with van der Waals surface area (Å²) in [5.74, 6) is 1.65. The van der Waals surface area contributed by atoms with E-state index in [4.69, 9.17) is 18.0 Å². The second-order valence-corrected chi connectivity index (χ2v) is 7.35. The Labute approximate surface area is 118 Å². The van der Waals surface area contributed by atoms with Crippen molar-refractivity contribution >= 4 is 17.2 Å². The van der Waals surface area contributed by atoms with Crippen molar-refractivity contribution in [3.8, 4) is 0 Å². The molecule has 1 heterocycles. The summed E-state index contributed by atoms with van der Waals surface area (Å²) in [6.07, 6.45) is 3.65. The molecule has 1 saturated heterocycles. The summed E-state index contributed by atoms with van der Waals surface area (Å²) < 4.78 is 0. The molecular formula is C15H30N2S. The van der Waals surface area contributed by atoms with E-state index in [0.717, 1.165) is 18.3 Å². The number of hydrogen-bond acceptors (Lipinski definition) is 2. The molecule has 106 valence electrons. The zero-order valence-corrected chi connectivity index (χ0v) is 13.5. The van der Waals surface area contributed by atoms with Crippen LogP contribution in [0.15, 0.2) is 0 Å². The van der Waals surface area contributed by atoms with Crippen LogP contribution in [-0.4, -0.2) is 29.0 Å². The van der Waals surface area contributed by atoms with Crippen LogP contribution in [0, 0.1) is 17.3 Å². The number of thiocarbonyl (C=S) groups is 1. The predicted octanol–water partition coefficient (Wildman–Crippen LogP) is 3.45. The van der Waals surface area contributed by atoms with E-state index < -0.39 is 0 Å². The lowest BCUT2D eigenvalue weighted by atomic mass is 9.84. The molecule has 0 aromatic carbocycles. The van der Waals surface area contributed by atoms with Crippen molar-refractivity contribution in [3.63, 3.8) is 0 Å². The molecule has 3 heteroatoms.